The van der Waals surface area contributed by atoms with E-state index in [4.69, 9.17) is 10.00 Å². The summed E-state index contributed by atoms with van der Waals surface area (Å²) in [5, 5.41) is 13.9. The maximum absolute atomic E-state index is 12.3. The fourth-order valence-corrected chi connectivity index (χ4v) is 5.78. The predicted octanol–water partition coefficient (Wildman–Crippen LogP) is 2.03. The van der Waals surface area contributed by atoms with Gasteiger partial charge in [0.05, 0.1) is 22.6 Å². The number of rotatable bonds is 4. The van der Waals surface area contributed by atoms with E-state index >= 15 is 0 Å². The van der Waals surface area contributed by atoms with Crippen molar-refractivity contribution >= 4 is 60.9 Å². The van der Waals surface area contributed by atoms with Crippen LogP contribution in [0.4, 0.5) is 10.7 Å². The van der Waals surface area contributed by atoms with Crippen molar-refractivity contribution < 1.29 is 22.7 Å². The van der Waals surface area contributed by atoms with Gasteiger partial charge in [0.25, 0.3) is 15.9 Å². The van der Waals surface area contributed by atoms with Crippen LogP contribution in [0.15, 0.2) is 38.9 Å². The zero-order chi connectivity index (χ0) is 20.6. The van der Waals surface area contributed by atoms with Gasteiger partial charge in [0.1, 0.15) is 11.1 Å². The van der Waals surface area contributed by atoms with Gasteiger partial charge in [-0.1, -0.05) is 0 Å². The normalized spacial score (nSPS) is 16.2. The number of amides is 1. The molecule has 0 aliphatic carbocycles. The van der Waals surface area contributed by atoms with Crippen LogP contribution in [0.25, 0.3) is 0 Å². The summed E-state index contributed by atoms with van der Waals surface area (Å²) in [6, 6.07) is 8.37. The van der Waals surface area contributed by atoms with E-state index in [-0.39, 0.29) is 11.3 Å². The minimum absolute atomic E-state index is 0.0623. The highest BCUT2D eigenvalue weighted by Gasteiger charge is 2.33. The molecule has 0 bridgehead atoms. The van der Waals surface area contributed by atoms with Crippen molar-refractivity contribution in [1.82, 2.24) is 0 Å². The van der Waals surface area contributed by atoms with E-state index in [0.29, 0.717) is 27.2 Å². The Bertz CT molecular complexity index is 1200. The van der Waals surface area contributed by atoms with E-state index in [9.17, 15) is 18.0 Å². The van der Waals surface area contributed by atoms with Gasteiger partial charge in [-0.05, 0) is 41.4 Å². The Morgan fingerprint density at radius 2 is 2.17 bits per heavy atom. The molecule has 0 spiro atoms. The SMILES string of the molecule is N#Cc1ccsc1NC(=O)COC(=O)c1ccc2c(c1)SC1=NS(=O)(=O)CCN12. The Morgan fingerprint density at radius 1 is 1.34 bits per heavy atom. The number of ether oxygens (including phenoxy) is 1. The molecule has 2 aliphatic rings. The number of esters is 1. The Morgan fingerprint density at radius 3 is 2.97 bits per heavy atom. The molecule has 2 aromatic rings. The topological polar surface area (TPSA) is 129 Å². The number of nitrogens with zero attached hydrogens (tertiary/aromatic N) is 3. The summed E-state index contributed by atoms with van der Waals surface area (Å²) in [4.78, 5) is 26.7. The van der Waals surface area contributed by atoms with Gasteiger partial charge in [0, 0.05) is 11.4 Å². The molecule has 1 aromatic carbocycles. The predicted molar refractivity (Wildman–Crippen MR) is 109 cm³/mol. The second kappa shape index (κ2) is 7.51. The minimum atomic E-state index is -3.46. The van der Waals surface area contributed by atoms with Crippen molar-refractivity contribution in [2.24, 2.45) is 4.40 Å². The molecule has 0 saturated carbocycles. The summed E-state index contributed by atoms with van der Waals surface area (Å²) in [5.74, 6) is -1.30. The van der Waals surface area contributed by atoms with E-state index in [1.165, 1.54) is 23.1 Å². The molecular weight excluding hydrogens is 436 g/mol. The molecule has 0 unspecified atom stereocenters. The number of hydrogen-bond donors (Lipinski definition) is 1. The highest BCUT2D eigenvalue weighted by Crippen LogP contribution is 2.42. The van der Waals surface area contributed by atoms with Crippen molar-refractivity contribution in [2.45, 2.75) is 4.90 Å². The molecule has 1 N–H and O–H groups in total. The van der Waals surface area contributed by atoms with Crippen LogP contribution in [0.3, 0.4) is 0 Å². The number of nitriles is 1. The third kappa shape index (κ3) is 3.98. The van der Waals surface area contributed by atoms with Crippen LogP contribution in [0.1, 0.15) is 15.9 Å². The lowest BCUT2D eigenvalue weighted by Gasteiger charge is -2.22. The number of fused-ring (bicyclic) bond motifs is 3. The average molecular weight is 449 g/mol. The summed E-state index contributed by atoms with van der Waals surface area (Å²) in [5.41, 5.74) is 1.35. The number of carbonyl (C=O) groups is 2. The maximum Gasteiger partial charge on any atom is 0.338 e. The maximum atomic E-state index is 12.3. The van der Waals surface area contributed by atoms with Gasteiger partial charge in [-0.25, -0.2) is 13.2 Å². The number of sulfonamides is 1. The first-order valence-electron chi connectivity index (χ1n) is 8.23. The zero-order valence-electron chi connectivity index (χ0n) is 14.6. The smallest absolute Gasteiger partial charge is 0.338 e. The number of anilines is 2. The summed E-state index contributed by atoms with van der Waals surface area (Å²) in [6.45, 7) is -0.193. The fraction of sp³-hybridized carbons (Fsp3) is 0.176. The molecule has 29 heavy (non-hydrogen) atoms. The van der Waals surface area contributed by atoms with Gasteiger partial charge in [0.2, 0.25) is 0 Å². The second-order valence-electron chi connectivity index (χ2n) is 6.00. The lowest BCUT2D eigenvalue weighted by Crippen LogP contribution is -2.35. The standard InChI is InChI=1S/C17H12N4O5S3/c18-8-11-3-5-27-15(11)19-14(22)9-26-16(23)10-1-2-12-13(7-10)28-17-20-29(24,25)6-4-21(12)17/h1-3,5,7H,4,6,9H2,(H,19,22). The van der Waals surface area contributed by atoms with E-state index in [1.54, 1.807) is 34.5 Å². The number of benzene rings is 1. The molecule has 3 heterocycles. The first kappa shape index (κ1) is 19.4. The molecule has 0 radical (unpaired) electrons. The molecule has 148 valence electrons. The Hall–Kier alpha value is -2.88. The third-order valence-electron chi connectivity index (χ3n) is 4.08. The van der Waals surface area contributed by atoms with Crippen molar-refractivity contribution in [3.05, 3.63) is 40.8 Å². The number of hydrogen-bond acceptors (Lipinski definition) is 9. The Kier molecular flexibility index (Phi) is 5.03. The van der Waals surface area contributed by atoms with E-state index < -0.39 is 28.5 Å². The number of carbonyl (C=O) groups excluding carboxylic acids is 2. The van der Waals surface area contributed by atoms with Crippen molar-refractivity contribution in [1.29, 1.82) is 5.26 Å². The third-order valence-corrected chi connectivity index (χ3v) is 7.22. The molecule has 4 rings (SSSR count). The Balaban J connectivity index is 1.41. The number of nitrogens with one attached hydrogen (secondary N) is 1. The van der Waals surface area contributed by atoms with E-state index in [2.05, 4.69) is 9.71 Å². The Labute approximate surface area is 174 Å². The van der Waals surface area contributed by atoms with Crippen LogP contribution in [-0.4, -0.2) is 44.4 Å². The number of thioether (sulfide) groups is 1. The second-order valence-corrected chi connectivity index (χ2v) is 9.68. The largest absolute Gasteiger partial charge is 0.452 e. The molecule has 0 fully saturated rings. The van der Waals surface area contributed by atoms with Crippen LogP contribution in [0.2, 0.25) is 0 Å². The molecule has 0 atom stereocenters. The summed E-state index contributed by atoms with van der Waals surface area (Å²) >= 11 is 2.37. The highest BCUT2D eigenvalue weighted by molar-refractivity contribution is 8.15. The van der Waals surface area contributed by atoms with Crippen molar-refractivity contribution in [3.63, 3.8) is 0 Å². The van der Waals surface area contributed by atoms with E-state index in [1.807, 2.05) is 6.07 Å². The molecule has 1 aromatic heterocycles. The lowest BCUT2D eigenvalue weighted by atomic mass is 10.2. The van der Waals surface area contributed by atoms with Gasteiger partial charge < -0.3 is 15.0 Å². The van der Waals surface area contributed by atoms with Crippen LogP contribution in [-0.2, 0) is 19.6 Å². The van der Waals surface area contributed by atoms with Gasteiger partial charge >= 0.3 is 5.97 Å². The fourth-order valence-electron chi connectivity index (χ4n) is 2.73. The van der Waals surface area contributed by atoms with Crippen LogP contribution in [0, 0.1) is 11.3 Å². The van der Waals surface area contributed by atoms with Crippen molar-refractivity contribution in [3.8, 4) is 6.07 Å². The van der Waals surface area contributed by atoms with Crippen LogP contribution >= 0.6 is 23.1 Å². The first-order chi connectivity index (χ1) is 13.9. The molecular formula is C17H12N4O5S3. The highest BCUT2D eigenvalue weighted by atomic mass is 32.2. The molecule has 0 saturated heterocycles. The van der Waals surface area contributed by atoms with Crippen molar-refractivity contribution in [2.75, 3.05) is 29.1 Å². The number of thiophene rings is 1. The van der Waals surface area contributed by atoms with Crippen LogP contribution < -0.4 is 10.2 Å². The molecule has 2 aliphatic heterocycles. The average Bonchev–Trinajstić information content (AvgIpc) is 3.27. The van der Waals surface area contributed by atoms with Gasteiger partial charge in [-0.3, -0.25) is 4.79 Å². The van der Waals surface area contributed by atoms with E-state index in [0.717, 1.165) is 5.69 Å². The van der Waals surface area contributed by atoms with Gasteiger partial charge in [-0.2, -0.15) is 5.26 Å². The molecule has 12 heteroatoms. The van der Waals surface area contributed by atoms with Crippen LogP contribution in [0.5, 0.6) is 0 Å². The monoisotopic (exact) mass is 448 g/mol. The summed E-state index contributed by atoms with van der Waals surface area (Å²) in [6.07, 6.45) is 0. The summed E-state index contributed by atoms with van der Waals surface area (Å²) in [7, 11) is -3.46. The number of amidine groups is 1. The molecule has 9 nitrogen and oxygen atoms in total. The minimum Gasteiger partial charge on any atom is -0.452 e. The van der Waals surface area contributed by atoms with Gasteiger partial charge in [0.15, 0.2) is 11.8 Å². The quantitative estimate of drug-likeness (QED) is 0.704. The lowest BCUT2D eigenvalue weighted by molar-refractivity contribution is -0.119. The molecule has 1 amide bonds. The van der Waals surface area contributed by atoms with Gasteiger partial charge in [-0.15, -0.1) is 15.7 Å². The first-order valence-corrected chi connectivity index (χ1v) is 11.5. The summed E-state index contributed by atoms with van der Waals surface area (Å²) < 4.78 is 32.1. The zero-order valence-corrected chi connectivity index (χ0v) is 17.1.